The van der Waals surface area contributed by atoms with Gasteiger partial charge in [0.05, 0.1) is 16.2 Å². The van der Waals surface area contributed by atoms with Crippen molar-refractivity contribution in [3.63, 3.8) is 0 Å². The molecule has 0 unspecified atom stereocenters. The van der Waals surface area contributed by atoms with Gasteiger partial charge in [0.25, 0.3) is 0 Å². The fourth-order valence-electron chi connectivity index (χ4n) is 1.88. The molecule has 0 radical (unpaired) electrons. The molecule has 0 aliphatic heterocycles. The first-order chi connectivity index (χ1) is 10.3. The van der Waals surface area contributed by atoms with E-state index in [1.807, 2.05) is 6.92 Å². The second-order valence-corrected chi connectivity index (χ2v) is 5.33. The van der Waals surface area contributed by atoms with Crippen LogP contribution in [0, 0.1) is 0 Å². The van der Waals surface area contributed by atoms with Gasteiger partial charge in [0.15, 0.2) is 0 Å². The zero-order chi connectivity index (χ0) is 16.3. The lowest BCUT2D eigenvalue weighted by molar-refractivity contribution is -0.137. The summed E-state index contributed by atoms with van der Waals surface area (Å²) in [6.07, 6.45) is -0.0439. The number of carbonyl (C=O) groups is 1. The minimum Gasteiger partial charge on any atom is -0.288 e. The van der Waals surface area contributed by atoms with E-state index in [1.165, 1.54) is 30.5 Å². The summed E-state index contributed by atoms with van der Waals surface area (Å²) in [5, 5.41) is 4.04. The highest BCUT2D eigenvalue weighted by Crippen LogP contribution is 2.29. The van der Waals surface area contributed by atoms with Crippen LogP contribution in [0.5, 0.6) is 0 Å². The zero-order valence-corrected chi connectivity index (χ0v) is 13.1. The van der Waals surface area contributed by atoms with Gasteiger partial charge in [-0.05, 0) is 46.6 Å². The number of carbonyl (C=O) groups excluding carboxylic acids is 1. The Labute approximate surface area is 133 Å². The van der Waals surface area contributed by atoms with Crippen LogP contribution in [0.15, 0.2) is 41.0 Å². The topological polar surface area (TPSA) is 34.9 Å². The number of aromatic nitrogens is 2. The lowest BCUT2D eigenvalue weighted by Gasteiger charge is -2.06. The van der Waals surface area contributed by atoms with E-state index in [4.69, 9.17) is 0 Å². The summed E-state index contributed by atoms with van der Waals surface area (Å²) >= 11 is 3.25. The molecule has 0 saturated carbocycles. The number of hydrogen-bond acceptors (Lipinski definition) is 2. The van der Waals surface area contributed by atoms with Crippen molar-refractivity contribution in [2.24, 2.45) is 0 Å². The Kier molecular flexibility index (Phi) is 4.85. The maximum atomic E-state index is 12.5. The van der Waals surface area contributed by atoms with Crippen molar-refractivity contribution in [2.75, 3.05) is 0 Å². The predicted molar refractivity (Wildman–Crippen MR) is 80.4 cm³/mol. The molecular weight excluding hydrogens is 361 g/mol. The first-order valence-corrected chi connectivity index (χ1v) is 7.23. The summed E-state index contributed by atoms with van der Waals surface area (Å²) in [7, 11) is 0. The quantitative estimate of drug-likeness (QED) is 0.581. The molecule has 0 bridgehead atoms. The summed E-state index contributed by atoms with van der Waals surface area (Å²) in [6, 6.07) is 4.60. The Bertz CT molecular complexity index is 703. The Hall–Kier alpha value is -1.89. The molecule has 0 atom stereocenters. The van der Waals surface area contributed by atoms with Crippen LogP contribution in [0.1, 0.15) is 28.5 Å². The minimum atomic E-state index is -4.36. The van der Waals surface area contributed by atoms with Crippen molar-refractivity contribution < 1.29 is 18.0 Å². The van der Waals surface area contributed by atoms with Crippen LogP contribution >= 0.6 is 15.9 Å². The summed E-state index contributed by atoms with van der Waals surface area (Å²) < 4.78 is 39.5. The third-order valence-corrected chi connectivity index (χ3v) is 3.57. The van der Waals surface area contributed by atoms with Gasteiger partial charge in [0.2, 0.25) is 5.78 Å². The summed E-state index contributed by atoms with van der Waals surface area (Å²) in [6.45, 7) is 2.40. The molecule has 0 amide bonds. The first kappa shape index (κ1) is 16.5. The van der Waals surface area contributed by atoms with E-state index in [0.717, 1.165) is 12.1 Å². The second kappa shape index (κ2) is 6.48. The minimum absolute atomic E-state index is 0.272. The third-order valence-electron chi connectivity index (χ3n) is 2.99. The molecule has 1 aromatic carbocycles. The normalized spacial score (nSPS) is 12.0. The van der Waals surface area contributed by atoms with Crippen LogP contribution in [0.2, 0.25) is 0 Å². The van der Waals surface area contributed by atoms with Crippen LogP contribution in [0.25, 0.3) is 6.08 Å². The molecule has 2 aromatic rings. The van der Waals surface area contributed by atoms with Gasteiger partial charge in [-0.2, -0.15) is 18.3 Å². The van der Waals surface area contributed by atoms with Crippen molar-refractivity contribution in [3.05, 3.63) is 57.8 Å². The maximum absolute atomic E-state index is 12.5. The Morgan fingerprint density at radius 1 is 1.32 bits per heavy atom. The molecule has 116 valence electrons. The van der Waals surface area contributed by atoms with Gasteiger partial charge < -0.3 is 0 Å². The highest BCUT2D eigenvalue weighted by molar-refractivity contribution is 9.10. The number of benzene rings is 1. The molecule has 0 spiro atoms. The highest BCUT2D eigenvalue weighted by atomic mass is 79.9. The highest BCUT2D eigenvalue weighted by Gasteiger charge is 2.29. The van der Waals surface area contributed by atoms with Crippen LogP contribution in [0.4, 0.5) is 13.2 Å². The second-order valence-electron chi connectivity index (χ2n) is 4.47. The molecule has 3 nitrogen and oxygen atoms in total. The number of halogens is 4. The number of ketones is 1. The van der Waals surface area contributed by atoms with Crippen LogP contribution in [-0.2, 0) is 12.7 Å². The van der Waals surface area contributed by atoms with Gasteiger partial charge >= 0.3 is 6.18 Å². The molecule has 0 saturated heterocycles. The maximum Gasteiger partial charge on any atom is 0.416 e. The van der Waals surface area contributed by atoms with Gasteiger partial charge in [-0.1, -0.05) is 18.2 Å². The number of aryl methyl sites for hydroxylation is 1. The van der Waals surface area contributed by atoms with Gasteiger partial charge in [0.1, 0.15) is 5.69 Å². The largest absolute Gasteiger partial charge is 0.416 e. The Balaban J connectivity index is 2.18. The SMILES string of the molecule is CCn1ncc(Br)c1C(=O)/C=C/c1ccc(C(F)(F)F)cc1. The summed E-state index contributed by atoms with van der Waals surface area (Å²) in [5.41, 5.74) is 0.202. The average molecular weight is 373 g/mol. The van der Waals surface area contributed by atoms with Crippen LogP contribution in [-0.4, -0.2) is 15.6 Å². The van der Waals surface area contributed by atoms with Gasteiger partial charge in [-0.15, -0.1) is 0 Å². The van der Waals surface area contributed by atoms with Crippen molar-refractivity contribution in [1.29, 1.82) is 0 Å². The number of hydrogen-bond donors (Lipinski definition) is 0. The van der Waals surface area contributed by atoms with Gasteiger partial charge in [0, 0.05) is 6.54 Å². The molecule has 0 aliphatic carbocycles. The zero-order valence-electron chi connectivity index (χ0n) is 11.6. The Morgan fingerprint density at radius 3 is 2.50 bits per heavy atom. The van der Waals surface area contributed by atoms with Crippen LogP contribution < -0.4 is 0 Å². The summed E-state index contributed by atoms with van der Waals surface area (Å²) in [4.78, 5) is 12.1. The van der Waals surface area contributed by atoms with Crippen molar-refractivity contribution in [1.82, 2.24) is 9.78 Å². The molecular formula is C15H12BrF3N2O. The van der Waals surface area contributed by atoms with E-state index in [2.05, 4.69) is 21.0 Å². The number of allylic oxidation sites excluding steroid dienone is 1. The average Bonchev–Trinajstić information content (AvgIpc) is 2.85. The first-order valence-electron chi connectivity index (χ1n) is 6.44. The van der Waals surface area contributed by atoms with E-state index in [0.29, 0.717) is 22.3 Å². The number of alkyl halides is 3. The lowest BCUT2D eigenvalue weighted by atomic mass is 10.1. The standard InChI is InChI=1S/C15H12BrF3N2O/c1-2-21-14(12(16)9-20-21)13(22)8-5-10-3-6-11(7-4-10)15(17,18)19/h3-9H,2H2,1H3/b8-5+. The van der Waals surface area contributed by atoms with Crippen molar-refractivity contribution >= 4 is 27.8 Å². The van der Waals surface area contributed by atoms with Gasteiger partial charge in [-0.3, -0.25) is 9.48 Å². The van der Waals surface area contributed by atoms with E-state index in [-0.39, 0.29) is 5.78 Å². The third kappa shape index (κ3) is 3.65. The van der Waals surface area contributed by atoms with E-state index in [9.17, 15) is 18.0 Å². The van der Waals surface area contributed by atoms with E-state index in [1.54, 1.807) is 4.68 Å². The number of nitrogens with zero attached hydrogens (tertiary/aromatic N) is 2. The van der Waals surface area contributed by atoms with E-state index >= 15 is 0 Å². The lowest BCUT2D eigenvalue weighted by Crippen LogP contribution is -2.07. The van der Waals surface area contributed by atoms with Crippen molar-refractivity contribution in [2.45, 2.75) is 19.6 Å². The molecule has 7 heteroatoms. The van der Waals surface area contributed by atoms with Crippen LogP contribution in [0.3, 0.4) is 0 Å². The van der Waals surface area contributed by atoms with Gasteiger partial charge in [-0.25, -0.2) is 0 Å². The fourth-order valence-corrected chi connectivity index (χ4v) is 2.37. The molecule has 1 aromatic heterocycles. The molecule has 0 aliphatic rings. The molecule has 0 fully saturated rings. The van der Waals surface area contributed by atoms with Crippen molar-refractivity contribution in [3.8, 4) is 0 Å². The summed E-state index contributed by atoms with van der Waals surface area (Å²) in [5.74, 6) is -0.272. The molecule has 1 heterocycles. The number of rotatable bonds is 4. The molecule has 22 heavy (non-hydrogen) atoms. The molecule has 2 rings (SSSR count). The molecule has 0 N–H and O–H groups in total. The van der Waals surface area contributed by atoms with E-state index < -0.39 is 11.7 Å². The Morgan fingerprint density at radius 2 is 1.95 bits per heavy atom. The smallest absolute Gasteiger partial charge is 0.288 e. The predicted octanol–water partition coefficient (Wildman–Crippen LogP) is 4.58. The monoisotopic (exact) mass is 372 g/mol. The fraction of sp³-hybridized carbons (Fsp3) is 0.200.